The molecule has 45 heteroatoms. The Balaban J connectivity index is 2.51. The van der Waals surface area contributed by atoms with Gasteiger partial charge in [-0.1, -0.05) is 124 Å². The van der Waals surface area contributed by atoms with Crippen molar-refractivity contribution in [3.8, 4) is 5.75 Å². The minimum absolute atomic E-state index is 0.00220. The van der Waals surface area contributed by atoms with Gasteiger partial charge in [-0.3, -0.25) is 82.7 Å². The number of thioether (sulfide) groups is 1. The first kappa shape index (κ1) is 119. The third-order valence-corrected chi connectivity index (χ3v) is 22.6. The summed E-state index contributed by atoms with van der Waals surface area (Å²) in [5.74, 6) is -16.4. The van der Waals surface area contributed by atoms with Crippen LogP contribution in [0.3, 0.4) is 0 Å². The van der Waals surface area contributed by atoms with E-state index in [2.05, 4.69) is 96.6 Å². The number of imidazole rings is 1. The van der Waals surface area contributed by atoms with Crippen LogP contribution in [0.1, 0.15) is 252 Å². The molecule has 14 amide bonds. The number of hydrogen-bond acceptors (Lipinski definition) is 25. The van der Waals surface area contributed by atoms with Gasteiger partial charge in [-0.2, -0.15) is 11.8 Å². The molecule has 0 aliphatic carbocycles. The lowest BCUT2D eigenvalue weighted by Crippen LogP contribution is -2.62. The van der Waals surface area contributed by atoms with Crippen molar-refractivity contribution in [1.82, 2.24) is 89.7 Å². The van der Waals surface area contributed by atoms with Crippen molar-refractivity contribution in [3.05, 3.63) is 48.0 Å². The molecule has 134 heavy (non-hydrogen) atoms. The van der Waals surface area contributed by atoms with Gasteiger partial charge in [-0.25, -0.2) is 4.98 Å². The zero-order valence-electron chi connectivity index (χ0n) is 79.2. The number of rotatable bonds is 75. The number of aromatic hydroxyl groups is 1. The zero-order valence-corrected chi connectivity index (χ0v) is 80.0. The number of amides is 14. The second kappa shape index (κ2) is 68.9. The van der Waals surface area contributed by atoms with Gasteiger partial charge in [0.1, 0.15) is 84.3 Å². The van der Waals surface area contributed by atoms with E-state index in [1.54, 1.807) is 34.0 Å². The van der Waals surface area contributed by atoms with Crippen LogP contribution in [0.5, 0.6) is 5.75 Å². The minimum atomic E-state index is -2.10. The average Bonchev–Trinajstić information content (AvgIpc) is 0.943. The Morgan fingerprint density at radius 1 is 0.418 bits per heavy atom. The van der Waals surface area contributed by atoms with E-state index < -0.39 is 192 Å². The molecule has 0 saturated carbocycles. The zero-order chi connectivity index (χ0) is 100. The van der Waals surface area contributed by atoms with Crippen molar-refractivity contribution in [2.75, 3.05) is 51.3 Å². The van der Waals surface area contributed by atoms with Gasteiger partial charge in [-0.15, -0.1) is 0 Å². The molecule has 14 atom stereocenters. The largest absolute Gasteiger partial charge is 0.508 e. The molecular weight excluding hydrogens is 1760 g/mol. The van der Waals surface area contributed by atoms with E-state index in [-0.39, 0.29) is 152 Å². The Morgan fingerprint density at radius 3 is 1.15 bits per heavy atom. The van der Waals surface area contributed by atoms with Crippen LogP contribution in [0.15, 0.2) is 36.8 Å². The van der Waals surface area contributed by atoms with E-state index in [1.165, 1.54) is 99.9 Å². The fourth-order valence-corrected chi connectivity index (χ4v) is 15.0. The van der Waals surface area contributed by atoms with Gasteiger partial charge in [-0.05, 0) is 177 Å². The van der Waals surface area contributed by atoms with E-state index >= 15 is 0 Å². The first-order valence-electron chi connectivity index (χ1n) is 47.1. The summed E-state index contributed by atoms with van der Waals surface area (Å²) in [6.07, 6.45) is 17.7. The first-order chi connectivity index (χ1) is 63.8. The molecule has 2 rings (SSSR count). The molecule has 1 aromatic heterocycles. The number of aromatic amines is 1. The van der Waals surface area contributed by atoms with Gasteiger partial charge in [0.2, 0.25) is 82.7 Å². The highest BCUT2D eigenvalue weighted by Crippen LogP contribution is 2.19. The third-order valence-electron chi connectivity index (χ3n) is 22.0. The van der Waals surface area contributed by atoms with Gasteiger partial charge in [0.05, 0.1) is 31.2 Å². The molecule has 1 aromatic carbocycles. The molecule has 0 aliphatic rings. The van der Waals surface area contributed by atoms with Gasteiger partial charge in [0.15, 0.2) is 11.9 Å². The molecule has 1 heterocycles. The molecule has 0 bridgehead atoms. The number of nitrogens with two attached hydrogens (primary N) is 6. The molecule has 34 N–H and O–H groups in total. The van der Waals surface area contributed by atoms with Crippen LogP contribution in [0.2, 0.25) is 0 Å². The van der Waals surface area contributed by atoms with Crippen LogP contribution in [0, 0.1) is 22.7 Å². The summed E-state index contributed by atoms with van der Waals surface area (Å²) in [5, 5.41) is 96.4. The molecular formula is C89H157N25O19S. The number of phenolic OH excluding ortho intramolecular Hbond substituents is 1. The Morgan fingerprint density at radius 2 is 0.769 bits per heavy atom. The molecule has 758 valence electrons. The average molecular weight is 1910 g/mol. The van der Waals surface area contributed by atoms with Gasteiger partial charge < -0.3 is 140 Å². The van der Waals surface area contributed by atoms with Crippen molar-refractivity contribution in [1.29, 1.82) is 10.8 Å². The summed E-state index contributed by atoms with van der Waals surface area (Å²) in [7, 11) is 0. The van der Waals surface area contributed by atoms with E-state index in [1.807, 2.05) is 0 Å². The molecule has 0 spiro atoms. The second-order valence-electron chi connectivity index (χ2n) is 34.7. The lowest BCUT2D eigenvalue weighted by molar-refractivity contribution is -0.142. The van der Waals surface area contributed by atoms with Crippen LogP contribution < -0.4 is 114 Å². The van der Waals surface area contributed by atoms with Crippen molar-refractivity contribution in [2.45, 2.75) is 338 Å². The lowest BCUT2D eigenvalue weighted by Gasteiger charge is -2.29. The van der Waals surface area contributed by atoms with Crippen molar-refractivity contribution < 1.29 is 92.3 Å². The summed E-state index contributed by atoms with van der Waals surface area (Å²) < 4.78 is 0. The number of aromatic nitrogens is 2. The quantitative estimate of drug-likeness (QED) is 0.0210. The predicted octanol–water partition coefficient (Wildman–Crippen LogP) is -1.22. The fraction of sp³-hybridized carbons (Fsp3) is 0.708. The molecule has 0 saturated heterocycles. The number of aliphatic hydroxyl groups excluding tert-OH is 2. The smallest absolute Gasteiger partial charge is 0.305 e. The molecule has 0 radical (unpaired) electrons. The SMILES string of the molecule is CCCCCCCCCCCCCCCC(=O)N[C@@H](CCCCN)C(=O)N[C@@H](CCCCN)C(=O)N[C@@H](CC(C)C)C(=O)N[C@@H](CCCNC(=N)N)C(=O)N[C@@H](CO)C(=O)N[C@@H](CCSC)C(=O)N[C@H](C(=O)N[C@@H](CC(=O)O)C(=O)N[C@@H](CCCCN)C(=O)N[C@@H](Cc1ccc(O)cc1)C(=O)N[C@@H](CCCNC(=N)N)C(=O)N[C@H](CC(C)C)C(=O)N[C@@H](Cc1c[nH]cn1)C(N)=O)[C@@H](C)O. The number of carbonyl (C=O) groups excluding carboxylic acids is 14. The molecule has 0 fully saturated rings. The summed E-state index contributed by atoms with van der Waals surface area (Å²) in [6.45, 7) is 9.93. The Labute approximate surface area is 790 Å². The highest BCUT2D eigenvalue weighted by Gasteiger charge is 2.40. The number of carbonyl (C=O) groups is 15. The van der Waals surface area contributed by atoms with Crippen molar-refractivity contribution >= 4 is 112 Å². The van der Waals surface area contributed by atoms with Crippen LogP contribution in [0.25, 0.3) is 0 Å². The number of nitrogens with one attached hydrogen (secondary N) is 18. The summed E-state index contributed by atoms with van der Waals surface area (Å²) in [5.41, 5.74) is 35.0. The Hall–Kier alpha value is -11.0. The second-order valence-corrected chi connectivity index (χ2v) is 35.7. The van der Waals surface area contributed by atoms with Crippen molar-refractivity contribution in [2.24, 2.45) is 46.2 Å². The van der Waals surface area contributed by atoms with Crippen LogP contribution in [0.4, 0.5) is 0 Å². The number of carboxylic acid groups (broad SMARTS) is 1. The monoisotopic (exact) mass is 1910 g/mol. The Kier molecular flexibility index (Phi) is 61.2. The van der Waals surface area contributed by atoms with Crippen LogP contribution in [-0.2, 0) is 84.8 Å². The highest BCUT2D eigenvalue weighted by atomic mass is 32.2. The standard InChI is InChI=1S/C89H157N25O19S/c1-8-9-10-11-12-13-14-15-16-17-18-19-20-34-72(118)102-60(29-21-24-40-90)76(122)103-61(30-22-25-41-91)77(123)109-67(46-54(2)3)82(128)105-64(33-28-44-100-89(96)97)80(126)113-71(52-115)86(132)107-65(39-45-134-7)81(127)114-74(56(6)116)87(133)112-70(50-73(119)120)85(131)104-62(31-23-26-42-92)78(124)111-69(48-57-35-37-59(117)38-36-57)84(130)106-63(32-27-43-99-88(94)95)79(125)110-68(47-55(4)5)83(129)108-66(75(93)121)49-58-51-98-53-101-58/h35-38,51,53-56,60-71,74,115-117H,8-34,39-50,52,90-92H2,1-7H3,(H2,93,121)(H,98,101)(H,102,118)(H,103,122)(H,104,131)(H,105,128)(H,106,130)(H,107,132)(H,108,129)(H,109,123)(H,110,125)(H,111,124)(H,112,133)(H,113,126)(H,114,127)(H,119,120)(H4,94,95,99)(H4,96,97,100)/t56-,60+,61+,62+,63+,64+,65+,66+,67+,68-,69+,70+,71+,74+/m1/s1. The van der Waals surface area contributed by atoms with E-state index in [9.17, 15) is 92.3 Å². The number of aliphatic hydroxyl groups is 2. The molecule has 0 unspecified atom stereocenters. The number of benzene rings is 1. The number of unbranched alkanes of at least 4 members (excludes halogenated alkanes) is 15. The normalized spacial score (nSPS) is 14.4. The summed E-state index contributed by atoms with van der Waals surface area (Å²) >= 11 is 1.21. The van der Waals surface area contributed by atoms with Gasteiger partial charge >= 0.3 is 5.97 Å². The van der Waals surface area contributed by atoms with E-state index in [0.29, 0.717) is 49.9 Å². The number of aliphatic carboxylic acids is 1. The van der Waals surface area contributed by atoms with Crippen LogP contribution >= 0.6 is 11.8 Å². The van der Waals surface area contributed by atoms with Gasteiger partial charge in [0.25, 0.3) is 0 Å². The molecule has 44 nitrogen and oxygen atoms in total. The fourth-order valence-electron chi connectivity index (χ4n) is 14.5. The van der Waals surface area contributed by atoms with E-state index in [0.717, 1.165) is 32.6 Å². The highest BCUT2D eigenvalue weighted by molar-refractivity contribution is 7.98. The number of carboxylic acids is 1. The summed E-state index contributed by atoms with van der Waals surface area (Å²) in [6, 6.07) is -14.8. The number of guanidine groups is 2. The number of primary amides is 1. The van der Waals surface area contributed by atoms with E-state index in [4.69, 9.17) is 45.2 Å². The topological polar surface area (TPSA) is 750 Å². The number of phenols is 1. The number of H-pyrrole nitrogens is 1. The lowest BCUT2D eigenvalue weighted by atomic mass is 10.0. The summed E-state index contributed by atoms with van der Waals surface area (Å²) in [4.78, 5) is 219. The minimum Gasteiger partial charge on any atom is -0.508 e. The predicted molar refractivity (Wildman–Crippen MR) is 509 cm³/mol. The maximum Gasteiger partial charge on any atom is 0.305 e. The van der Waals surface area contributed by atoms with Crippen molar-refractivity contribution in [3.63, 3.8) is 0 Å². The maximum atomic E-state index is 14.8. The van der Waals surface area contributed by atoms with Gasteiger partial charge in [0, 0.05) is 38.5 Å². The molecule has 2 aromatic rings. The van der Waals surface area contributed by atoms with Crippen LogP contribution in [-0.4, -0.2) is 267 Å². The first-order valence-corrected chi connectivity index (χ1v) is 48.5. The third kappa shape index (κ3) is 51.4. The molecule has 0 aliphatic heterocycles. The number of hydrogen-bond donors (Lipinski definition) is 28. The maximum absolute atomic E-state index is 14.8. The Bertz CT molecular complexity index is 3910. The number of nitrogens with zero attached hydrogens (tertiary/aromatic N) is 1.